The summed E-state index contributed by atoms with van der Waals surface area (Å²) < 4.78 is 45.1. The van der Waals surface area contributed by atoms with E-state index in [2.05, 4.69) is 15.2 Å². The first-order valence-corrected chi connectivity index (χ1v) is 12.3. The molecular formula is C23H21FN4O6S. The summed E-state index contributed by atoms with van der Waals surface area (Å²) in [5, 5.41) is 13.8. The zero-order valence-corrected chi connectivity index (χ0v) is 19.4. The molecular weight excluding hydrogens is 479 g/mol. The minimum absolute atomic E-state index is 0.0504. The highest BCUT2D eigenvalue weighted by Crippen LogP contribution is 2.36. The standard InChI is InChI=1S/C23H21FN4O6S/c1-12(29)26-34-15-5-6-17-19(11-15)35(32,33)27-22(25-17)20-21(30)16-10-14(24)4-7-18(16)28(23(20)31)9-8-13-2-3-13/h4-7,10-11,13,30H,2-3,8-9H2,1H3,(H,25,27)(H,26,29). The van der Waals surface area contributed by atoms with Gasteiger partial charge in [-0.05, 0) is 42.7 Å². The molecule has 1 fully saturated rings. The Labute approximate surface area is 199 Å². The normalized spacial score (nSPS) is 16.2. The largest absolute Gasteiger partial charge is 0.506 e. The maximum absolute atomic E-state index is 14.0. The van der Waals surface area contributed by atoms with E-state index in [1.807, 2.05) is 0 Å². The molecule has 1 amide bonds. The molecule has 35 heavy (non-hydrogen) atoms. The van der Waals surface area contributed by atoms with Crippen LogP contribution >= 0.6 is 0 Å². The second kappa shape index (κ2) is 8.38. The van der Waals surface area contributed by atoms with Crippen LogP contribution < -0.4 is 21.2 Å². The van der Waals surface area contributed by atoms with Crippen molar-refractivity contribution in [2.45, 2.75) is 37.6 Å². The maximum Gasteiger partial charge on any atom is 0.286 e. The molecule has 12 heteroatoms. The lowest BCUT2D eigenvalue weighted by molar-refractivity contribution is -0.125. The quantitative estimate of drug-likeness (QED) is 0.442. The molecule has 3 N–H and O–H groups in total. The van der Waals surface area contributed by atoms with Crippen molar-refractivity contribution in [1.29, 1.82) is 0 Å². The molecule has 10 nitrogen and oxygen atoms in total. The number of aromatic hydroxyl groups is 1. The Morgan fingerprint density at radius 1 is 1.29 bits per heavy atom. The van der Waals surface area contributed by atoms with Crippen molar-refractivity contribution in [3.8, 4) is 11.5 Å². The molecule has 0 radical (unpaired) electrons. The average Bonchev–Trinajstić information content (AvgIpc) is 3.62. The van der Waals surface area contributed by atoms with E-state index in [1.165, 1.54) is 35.8 Å². The molecule has 0 bridgehead atoms. The van der Waals surface area contributed by atoms with Crippen LogP contribution in [-0.4, -0.2) is 29.8 Å². The van der Waals surface area contributed by atoms with Crippen molar-refractivity contribution in [3.05, 3.63) is 58.1 Å². The number of aromatic nitrogens is 1. The van der Waals surface area contributed by atoms with Gasteiger partial charge in [0.05, 0.1) is 11.2 Å². The monoisotopic (exact) mass is 500 g/mol. The van der Waals surface area contributed by atoms with Crippen LogP contribution in [0, 0.1) is 11.7 Å². The summed E-state index contributed by atoms with van der Waals surface area (Å²) in [4.78, 5) is 29.3. The number of hydrogen-bond acceptors (Lipinski definition) is 7. The molecule has 2 aromatic carbocycles. The highest BCUT2D eigenvalue weighted by Gasteiger charge is 2.31. The minimum atomic E-state index is -4.32. The topological polar surface area (TPSA) is 139 Å². The van der Waals surface area contributed by atoms with Crippen molar-refractivity contribution in [1.82, 2.24) is 10.0 Å². The van der Waals surface area contributed by atoms with Crippen LogP contribution in [0.1, 0.15) is 31.7 Å². The zero-order valence-electron chi connectivity index (χ0n) is 18.5. The Hall–Kier alpha value is -3.93. The van der Waals surface area contributed by atoms with E-state index in [1.54, 1.807) is 0 Å². The average molecular weight is 501 g/mol. The molecule has 2 heterocycles. The lowest BCUT2D eigenvalue weighted by Gasteiger charge is -2.21. The van der Waals surface area contributed by atoms with Crippen LogP contribution in [0.5, 0.6) is 11.5 Å². The number of hydrogen-bond donors (Lipinski definition) is 3. The summed E-state index contributed by atoms with van der Waals surface area (Å²) >= 11 is 0. The van der Waals surface area contributed by atoms with Crippen LogP contribution in [0.15, 0.2) is 50.5 Å². The van der Waals surface area contributed by atoms with Gasteiger partial charge < -0.3 is 19.8 Å². The van der Waals surface area contributed by atoms with Crippen molar-refractivity contribution in [2.75, 3.05) is 5.32 Å². The van der Waals surface area contributed by atoms with E-state index >= 15 is 0 Å². The molecule has 5 rings (SSSR count). The number of hydroxylamine groups is 1. The Morgan fingerprint density at radius 2 is 2.06 bits per heavy atom. The minimum Gasteiger partial charge on any atom is -0.506 e. The van der Waals surface area contributed by atoms with Crippen LogP contribution in [0.25, 0.3) is 10.9 Å². The first-order chi connectivity index (χ1) is 16.6. The summed E-state index contributed by atoms with van der Waals surface area (Å²) in [5.41, 5.74) is 1.53. The summed E-state index contributed by atoms with van der Waals surface area (Å²) in [5.74, 6) is -1.49. The molecule has 0 spiro atoms. The second-order valence-corrected chi connectivity index (χ2v) is 10.1. The van der Waals surface area contributed by atoms with Crippen molar-refractivity contribution >= 4 is 38.4 Å². The van der Waals surface area contributed by atoms with Gasteiger partial charge in [-0.3, -0.25) is 9.59 Å². The number of pyridine rings is 1. The third-order valence-corrected chi connectivity index (χ3v) is 7.22. The number of fused-ring (bicyclic) bond motifs is 2. The van der Waals surface area contributed by atoms with Crippen LogP contribution in [-0.2, 0) is 21.4 Å². The lowest BCUT2D eigenvalue weighted by atomic mass is 10.1. The van der Waals surface area contributed by atoms with Gasteiger partial charge in [-0.15, -0.1) is 4.40 Å². The Morgan fingerprint density at radius 3 is 2.77 bits per heavy atom. The molecule has 1 aliphatic heterocycles. The highest BCUT2D eigenvalue weighted by atomic mass is 32.2. The van der Waals surface area contributed by atoms with Gasteiger partial charge in [0.25, 0.3) is 15.6 Å². The lowest BCUT2D eigenvalue weighted by Crippen LogP contribution is -2.33. The molecule has 182 valence electrons. The molecule has 0 atom stereocenters. The number of carbonyl (C=O) groups excluding carboxylic acids is 1. The van der Waals surface area contributed by atoms with E-state index in [0.29, 0.717) is 18.0 Å². The molecule has 1 aromatic heterocycles. The Kier molecular flexibility index (Phi) is 5.47. The van der Waals surface area contributed by atoms with Gasteiger partial charge in [-0.2, -0.15) is 13.9 Å². The van der Waals surface area contributed by atoms with E-state index in [-0.39, 0.29) is 33.1 Å². The zero-order chi connectivity index (χ0) is 24.9. The number of sulfonamides is 1. The molecule has 2 aliphatic rings. The molecule has 3 aromatic rings. The van der Waals surface area contributed by atoms with Gasteiger partial charge in [-0.25, -0.2) is 4.39 Å². The van der Waals surface area contributed by atoms with E-state index in [4.69, 9.17) is 4.84 Å². The third kappa shape index (κ3) is 4.32. The van der Waals surface area contributed by atoms with Crippen LogP contribution in [0.2, 0.25) is 0 Å². The number of nitrogens with one attached hydrogen (secondary N) is 2. The number of amides is 1. The summed E-state index contributed by atoms with van der Waals surface area (Å²) in [6, 6.07) is 7.66. The van der Waals surface area contributed by atoms with Crippen molar-refractivity contribution in [3.63, 3.8) is 0 Å². The fourth-order valence-electron chi connectivity index (χ4n) is 4.01. The SMILES string of the molecule is CC(=O)NOc1ccc2c(c1)S(=O)(=O)N=C(c1c(O)c3cc(F)ccc3n(CCC3CC3)c1=O)N2. The van der Waals surface area contributed by atoms with Gasteiger partial charge in [-0.1, -0.05) is 12.8 Å². The smallest absolute Gasteiger partial charge is 0.286 e. The number of nitrogens with zero attached hydrogens (tertiary/aromatic N) is 2. The summed E-state index contributed by atoms with van der Waals surface area (Å²) in [7, 11) is -4.32. The van der Waals surface area contributed by atoms with Gasteiger partial charge in [0.1, 0.15) is 22.0 Å². The van der Waals surface area contributed by atoms with Gasteiger partial charge in [0.2, 0.25) is 5.91 Å². The highest BCUT2D eigenvalue weighted by molar-refractivity contribution is 7.90. The number of benzene rings is 2. The molecule has 0 saturated heterocycles. The Balaban J connectivity index is 1.63. The fraction of sp³-hybridized carbons (Fsp3) is 0.261. The number of halogens is 1. The molecule has 0 unspecified atom stereocenters. The van der Waals surface area contributed by atoms with Crippen molar-refractivity contribution in [2.24, 2.45) is 10.3 Å². The second-order valence-electron chi connectivity index (χ2n) is 8.53. The summed E-state index contributed by atoms with van der Waals surface area (Å²) in [6.07, 6.45) is 2.88. The van der Waals surface area contributed by atoms with Gasteiger partial charge >= 0.3 is 0 Å². The van der Waals surface area contributed by atoms with E-state index < -0.39 is 33.1 Å². The van der Waals surface area contributed by atoms with Crippen LogP contribution in [0.4, 0.5) is 10.1 Å². The maximum atomic E-state index is 14.0. The first-order valence-electron chi connectivity index (χ1n) is 10.9. The number of anilines is 1. The number of carbonyl (C=O) groups is 1. The third-order valence-electron chi connectivity index (χ3n) is 5.90. The Bertz CT molecular complexity index is 1580. The first kappa shape index (κ1) is 22.8. The number of aryl methyl sites for hydroxylation is 1. The summed E-state index contributed by atoms with van der Waals surface area (Å²) in [6.45, 7) is 1.56. The molecule has 1 aliphatic carbocycles. The fourth-order valence-corrected chi connectivity index (χ4v) is 5.15. The van der Waals surface area contributed by atoms with Crippen molar-refractivity contribution < 1.29 is 27.5 Å². The van der Waals surface area contributed by atoms with Gasteiger partial charge in [0, 0.05) is 24.9 Å². The van der Waals surface area contributed by atoms with E-state index in [9.17, 15) is 27.5 Å². The molecule has 1 saturated carbocycles. The van der Waals surface area contributed by atoms with Gasteiger partial charge in [0.15, 0.2) is 11.6 Å². The number of rotatable bonds is 6. The predicted octanol–water partition coefficient (Wildman–Crippen LogP) is 2.64. The number of amidine groups is 1. The van der Waals surface area contributed by atoms with Crippen LogP contribution in [0.3, 0.4) is 0 Å². The van der Waals surface area contributed by atoms with E-state index in [0.717, 1.165) is 31.4 Å². The predicted molar refractivity (Wildman–Crippen MR) is 125 cm³/mol.